The van der Waals surface area contributed by atoms with Crippen LogP contribution in [0.4, 0.5) is 18.0 Å². The number of alkyl halides is 3. The van der Waals surface area contributed by atoms with Crippen LogP contribution in [0.15, 0.2) is 24.3 Å². The Labute approximate surface area is 119 Å². The van der Waals surface area contributed by atoms with Gasteiger partial charge in [0.05, 0.1) is 12.1 Å². The second-order valence-corrected chi connectivity index (χ2v) is 5.49. The molecular formula is C14H15F3N2O2. The van der Waals surface area contributed by atoms with Crippen molar-refractivity contribution in [3.05, 3.63) is 35.4 Å². The molecule has 2 aliphatic heterocycles. The highest BCUT2D eigenvalue weighted by molar-refractivity contribution is 5.71. The number of nitrogens with one attached hydrogen (secondary N) is 1. The first-order valence-corrected chi connectivity index (χ1v) is 6.73. The van der Waals surface area contributed by atoms with Crippen LogP contribution in [0, 0.1) is 0 Å². The van der Waals surface area contributed by atoms with Gasteiger partial charge >= 0.3 is 12.3 Å². The Morgan fingerprint density at radius 1 is 1.33 bits per heavy atom. The SMILES string of the molecule is O=C1OC2(CCNC2)CN1Cc1ccccc1C(F)(F)F. The predicted octanol–water partition coefficient (Wildman–Crippen LogP) is 2.39. The lowest BCUT2D eigenvalue weighted by Crippen LogP contribution is -2.36. The molecule has 0 saturated carbocycles. The largest absolute Gasteiger partial charge is 0.439 e. The Morgan fingerprint density at radius 2 is 2.10 bits per heavy atom. The summed E-state index contributed by atoms with van der Waals surface area (Å²) < 4.78 is 44.3. The maximum absolute atomic E-state index is 13.0. The zero-order chi connectivity index (χ0) is 15.1. The zero-order valence-electron chi connectivity index (χ0n) is 11.2. The lowest BCUT2D eigenvalue weighted by molar-refractivity contribution is -0.138. The van der Waals surface area contributed by atoms with E-state index in [1.807, 2.05) is 0 Å². The van der Waals surface area contributed by atoms with Crippen LogP contribution in [-0.4, -0.2) is 36.2 Å². The van der Waals surface area contributed by atoms with Gasteiger partial charge in [0, 0.05) is 19.5 Å². The van der Waals surface area contributed by atoms with Gasteiger partial charge in [-0.1, -0.05) is 18.2 Å². The summed E-state index contributed by atoms with van der Waals surface area (Å²) in [5.41, 5.74) is -1.20. The van der Waals surface area contributed by atoms with Gasteiger partial charge in [-0.05, 0) is 18.2 Å². The van der Waals surface area contributed by atoms with Crippen molar-refractivity contribution in [1.82, 2.24) is 10.2 Å². The van der Waals surface area contributed by atoms with Gasteiger partial charge in [-0.2, -0.15) is 13.2 Å². The number of rotatable bonds is 2. The summed E-state index contributed by atoms with van der Waals surface area (Å²) in [5, 5.41) is 3.11. The molecule has 2 saturated heterocycles. The molecule has 0 aliphatic carbocycles. The van der Waals surface area contributed by atoms with Gasteiger partial charge in [-0.25, -0.2) is 4.79 Å². The molecule has 0 bridgehead atoms. The van der Waals surface area contributed by atoms with Crippen LogP contribution >= 0.6 is 0 Å². The molecule has 2 aliphatic rings. The molecule has 7 heteroatoms. The number of benzene rings is 1. The van der Waals surface area contributed by atoms with Gasteiger partial charge in [0.25, 0.3) is 0 Å². The second-order valence-electron chi connectivity index (χ2n) is 5.49. The molecule has 0 aromatic heterocycles. The molecule has 1 amide bonds. The van der Waals surface area contributed by atoms with Crippen LogP contribution in [0.1, 0.15) is 17.5 Å². The maximum atomic E-state index is 13.0. The van der Waals surface area contributed by atoms with E-state index < -0.39 is 23.4 Å². The van der Waals surface area contributed by atoms with Crippen molar-refractivity contribution in [2.75, 3.05) is 19.6 Å². The van der Waals surface area contributed by atoms with E-state index in [0.717, 1.165) is 12.6 Å². The topological polar surface area (TPSA) is 41.6 Å². The van der Waals surface area contributed by atoms with Crippen molar-refractivity contribution in [3.63, 3.8) is 0 Å². The minimum Gasteiger partial charge on any atom is -0.439 e. The predicted molar refractivity (Wildman–Crippen MR) is 68.6 cm³/mol. The number of amides is 1. The molecule has 1 aromatic carbocycles. The van der Waals surface area contributed by atoms with Crippen LogP contribution in [0.5, 0.6) is 0 Å². The molecule has 2 fully saturated rings. The second kappa shape index (κ2) is 4.91. The van der Waals surface area contributed by atoms with Crippen molar-refractivity contribution in [2.24, 2.45) is 0 Å². The van der Waals surface area contributed by atoms with Crippen LogP contribution < -0.4 is 5.32 Å². The lowest BCUT2D eigenvalue weighted by atomic mass is 10.0. The Kier molecular flexibility index (Phi) is 3.32. The normalized spacial score (nSPS) is 25.7. The van der Waals surface area contributed by atoms with Crippen LogP contribution in [0.3, 0.4) is 0 Å². The Hall–Kier alpha value is -1.76. The average molecular weight is 300 g/mol. The van der Waals surface area contributed by atoms with Gasteiger partial charge in [0.2, 0.25) is 0 Å². The number of carbonyl (C=O) groups is 1. The Bertz CT molecular complexity index is 553. The molecule has 1 atom stereocenters. The van der Waals surface area contributed by atoms with E-state index in [2.05, 4.69) is 5.32 Å². The fourth-order valence-electron chi connectivity index (χ4n) is 2.90. The number of hydrogen-bond donors (Lipinski definition) is 1. The standard InChI is InChI=1S/C14H15F3N2O2/c15-14(16,17)11-4-2-1-3-10(11)7-19-9-13(21-12(19)20)5-6-18-8-13/h1-4,18H,5-9H2. The highest BCUT2D eigenvalue weighted by Gasteiger charge is 2.47. The number of carbonyl (C=O) groups excluding carboxylic acids is 1. The van der Waals surface area contributed by atoms with E-state index in [-0.39, 0.29) is 12.1 Å². The molecule has 4 nitrogen and oxygen atoms in total. The van der Waals surface area contributed by atoms with Crippen LogP contribution in [0.2, 0.25) is 0 Å². The molecular weight excluding hydrogens is 285 g/mol. The molecule has 3 rings (SSSR count). The van der Waals surface area contributed by atoms with Crippen molar-refractivity contribution in [1.29, 1.82) is 0 Å². The third kappa shape index (κ3) is 2.70. The third-order valence-corrected chi connectivity index (χ3v) is 3.93. The number of hydrogen-bond acceptors (Lipinski definition) is 3. The first-order chi connectivity index (χ1) is 9.90. The van der Waals surface area contributed by atoms with Gasteiger partial charge in [0.1, 0.15) is 5.60 Å². The van der Waals surface area contributed by atoms with Gasteiger partial charge in [0.15, 0.2) is 0 Å². The van der Waals surface area contributed by atoms with Crippen LogP contribution in [-0.2, 0) is 17.5 Å². The fourth-order valence-corrected chi connectivity index (χ4v) is 2.90. The van der Waals surface area contributed by atoms with Crippen molar-refractivity contribution >= 4 is 6.09 Å². The summed E-state index contributed by atoms with van der Waals surface area (Å²) in [5.74, 6) is 0. The quantitative estimate of drug-likeness (QED) is 0.912. The summed E-state index contributed by atoms with van der Waals surface area (Å²) in [6, 6.07) is 5.31. The van der Waals surface area contributed by atoms with Crippen molar-refractivity contribution in [2.45, 2.75) is 24.7 Å². The Morgan fingerprint density at radius 3 is 2.76 bits per heavy atom. The summed E-state index contributed by atoms with van der Waals surface area (Å²) in [7, 11) is 0. The molecule has 1 aromatic rings. The lowest BCUT2D eigenvalue weighted by Gasteiger charge is -2.20. The molecule has 0 radical (unpaired) electrons. The highest BCUT2D eigenvalue weighted by atomic mass is 19.4. The average Bonchev–Trinajstić information content (AvgIpc) is 2.97. The summed E-state index contributed by atoms with van der Waals surface area (Å²) in [6.07, 6.45) is -4.28. The van der Waals surface area contributed by atoms with E-state index in [1.54, 1.807) is 6.07 Å². The molecule has 1 unspecified atom stereocenters. The van der Waals surface area contributed by atoms with E-state index in [9.17, 15) is 18.0 Å². The zero-order valence-corrected chi connectivity index (χ0v) is 11.2. The van der Waals surface area contributed by atoms with E-state index in [4.69, 9.17) is 4.74 Å². The third-order valence-electron chi connectivity index (χ3n) is 3.93. The maximum Gasteiger partial charge on any atom is 0.416 e. The minimum atomic E-state index is -4.42. The van der Waals surface area contributed by atoms with E-state index >= 15 is 0 Å². The summed E-state index contributed by atoms with van der Waals surface area (Å²) in [4.78, 5) is 13.2. The van der Waals surface area contributed by atoms with Crippen molar-refractivity contribution in [3.8, 4) is 0 Å². The monoisotopic (exact) mass is 300 g/mol. The summed E-state index contributed by atoms with van der Waals surface area (Å²) in [6.45, 7) is 1.54. The smallest absolute Gasteiger partial charge is 0.416 e. The fraction of sp³-hybridized carbons (Fsp3) is 0.500. The van der Waals surface area contributed by atoms with Crippen molar-refractivity contribution < 1.29 is 22.7 Å². The minimum absolute atomic E-state index is 0.0870. The first kappa shape index (κ1) is 14.2. The van der Waals surface area contributed by atoms with E-state index in [1.165, 1.54) is 17.0 Å². The summed E-state index contributed by atoms with van der Waals surface area (Å²) >= 11 is 0. The molecule has 1 spiro atoms. The van der Waals surface area contributed by atoms with Gasteiger partial charge in [-0.15, -0.1) is 0 Å². The van der Waals surface area contributed by atoms with Gasteiger partial charge in [-0.3, -0.25) is 4.90 Å². The first-order valence-electron chi connectivity index (χ1n) is 6.73. The Balaban J connectivity index is 1.80. The molecule has 21 heavy (non-hydrogen) atoms. The number of nitrogens with zero attached hydrogens (tertiary/aromatic N) is 1. The molecule has 2 heterocycles. The highest BCUT2D eigenvalue weighted by Crippen LogP contribution is 2.34. The van der Waals surface area contributed by atoms with Crippen LogP contribution in [0.25, 0.3) is 0 Å². The van der Waals surface area contributed by atoms with Gasteiger partial charge < -0.3 is 10.1 Å². The molecule has 114 valence electrons. The molecule has 1 N–H and O–H groups in total. The van der Waals surface area contributed by atoms with E-state index in [0.29, 0.717) is 19.5 Å². The number of halogens is 3. The number of ether oxygens (including phenoxy) is 1.